The lowest BCUT2D eigenvalue weighted by molar-refractivity contribution is 0.424. The van der Waals surface area contributed by atoms with Gasteiger partial charge in [-0.15, -0.1) is 0 Å². The Hall–Kier alpha value is -1.06. The van der Waals surface area contributed by atoms with Gasteiger partial charge in [0.2, 0.25) is 0 Å². The second-order valence-electron chi connectivity index (χ2n) is 5.17. The van der Waals surface area contributed by atoms with Crippen LogP contribution in [0.5, 0.6) is 0 Å². The number of benzene rings is 1. The zero-order valence-corrected chi connectivity index (χ0v) is 12.6. The second kappa shape index (κ2) is 5.93. The first kappa shape index (κ1) is 14.4. The average molecular weight is 280 g/mol. The highest BCUT2D eigenvalue weighted by Gasteiger charge is 2.20. The highest BCUT2D eigenvalue weighted by Crippen LogP contribution is 2.27. The van der Waals surface area contributed by atoms with E-state index in [-0.39, 0.29) is 6.04 Å². The first-order chi connectivity index (χ1) is 9.08. The van der Waals surface area contributed by atoms with E-state index in [0.717, 1.165) is 41.3 Å². The monoisotopic (exact) mass is 279 g/mol. The Morgan fingerprint density at radius 3 is 2.74 bits per heavy atom. The Labute approximate surface area is 119 Å². The molecule has 2 atom stereocenters. The minimum Gasteiger partial charge on any atom is -0.327 e. The molecule has 3 nitrogen and oxygen atoms in total. The largest absolute Gasteiger partial charge is 0.327 e. The molecule has 0 aliphatic carbocycles. The molecular weight excluding hydrogens is 258 g/mol. The molecular formula is C15H22ClN3. The smallest absolute Gasteiger partial charge is 0.127 e. The third-order valence-electron chi connectivity index (χ3n) is 3.74. The standard InChI is InChI=1S/C15H22ClN3/c1-4-8-19-13-9-11(16)6-7-12(13)18-15(19)14(17)10(3)5-2/h6-7,9-10,14H,4-5,8,17H2,1-3H3. The van der Waals surface area contributed by atoms with E-state index in [1.54, 1.807) is 0 Å². The topological polar surface area (TPSA) is 43.8 Å². The number of rotatable bonds is 5. The minimum absolute atomic E-state index is 0.0253. The van der Waals surface area contributed by atoms with Crippen LogP contribution in [-0.2, 0) is 6.54 Å². The lowest BCUT2D eigenvalue weighted by Crippen LogP contribution is -2.23. The molecule has 19 heavy (non-hydrogen) atoms. The summed E-state index contributed by atoms with van der Waals surface area (Å²) in [5.74, 6) is 1.40. The van der Waals surface area contributed by atoms with Crippen molar-refractivity contribution in [3.05, 3.63) is 29.0 Å². The van der Waals surface area contributed by atoms with E-state index in [4.69, 9.17) is 22.3 Å². The summed E-state index contributed by atoms with van der Waals surface area (Å²) < 4.78 is 2.22. The zero-order chi connectivity index (χ0) is 14.0. The minimum atomic E-state index is -0.0253. The molecule has 0 amide bonds. The molecule has 0 bridgehead atoms. The summed E-state index contributed by atoms with van der Waals surface area (Å²) in [5.41, 5.74) is 8.43. The van der Waals surface area contributed by atoms with Crippen molar-refractivity contribution in [2.75, 3.05) is 0 Å². The molecule has 0 aliphatic heterocycles. The molecule has 4 heteroatoms. The normalized spacial score (nSPS) is 14.8. The maximum absolute atomic E-state index is 6.37. The number of hydrogen-bond acceptors (Lipinski definition) is 2. The van der Waals surface area contributed by atoms with E-state index in [0.29, 0.717) is 5.92 Å². The highest BCUT2D eigenvalue weighted by atomic mass is 35.5. The van der Waals surface area contributed by atoms with Crippen molar-refractivity contribution in [1.29, 1.82) is 0 Å². The lowest BCUT2D eigenvalue weighted by atomic mass is 9.99. The average Bonchev–Trinajstić information content (AvgIpc) is 2.76. The SMILES string of the molecule is CCCn1c(C(N)C(C)CC)nc2ccc(Cl)cc21. The van der Waals surface area contributed by atoms with Gasteiger partial charge in [0.15, 0.2) is 0 Å². The van der Waals surface area contributed by atoms with Gasteiger partial charge in [-0.3, -0.25) is 0 Å². The first-order valence-electron chi connectivity index (χ1n) is 6.99. The van der Waals surface area contributed by atoms with Crippen LogP contribution in [-0.4, -0.2) is 9.55 Å². The molecule has 2 rings (SSSR count). The van der Waals surface area contributed by atoms with Crippen molar-refractivity contribution in [3.63, 3.8) is 0 Å². The molecule has 1 aromatic heterocycles. The fourth-order valence-corrected chi connectivity index (χ4v) is 2.50. The number of nitrogens with two attached hydrogens (primary N) is 1. The zero-order valence-electron chi connectivity index (χ0n) is 11.9. The van der Waals surface area contributed by atoms with Crippen molar-refractivity contribution in [2.24, 2.45) is 11.7 Å². The van der Waals surface area contributed by atoms with Crippen LogP contribution in [0.25, 0.3) is 11.0 Å². The van der Waals surface area contributed by atoms with Gasteiger partial charge in [0.25, 0.3) is 0 Å². The van der Waals surface area contributed by atoms with Gasteiger partial charge in [-0.1, -0.05) is 38.8 Å². The first-order valence-corrected chi connectivity index (χ1v) is 7.37. The number of fused-ring (bicyclic) bond motifs is 1. The Bertz CT molecular complexity index is 562. The van der Waals surface area contributed by atoms with Crippen LogP contribution in [0.3, 0.4) is 0 Å². The van der Waals surface area contributed by atoms with Crippen LogP contribution >= 0.6 is 11.6 Å². The van der Waals surface area contributed by atoms with Crippen LogP contribution in [0.2, 0.25) is 5.02 Å². The van der Waals surface area contributed by atoms with Crippen molar-refractivity contribution in [1.82, 2.24) is 9.55 Å². The van der Waals surface area contributed by atoms with Crippen LogP contribution in [0.4, 0.5) is 0 Å². The summed E-state index contributed by atoms with van der Waals surface area (Å²) in [6.07, 6.45) is 2.11. The van der Waals surface area contributed by atoms with Gasteiger partial charge in [-0.2, -0.15) is 0 Å². The van der Waals surface area contributed by atoms with E-state index < -0.39 is 0 Å². The second-order valence-corrected chi connectivity index (χ2v) is 5.60. The molecule has 1 heterocycles. The van der Waals surface area contributed by atoms with Crippen molar-refractivity contribution < 1.29 is 0 Å². The predicted octanol–water partition coefficient (Wildman–Crippen LogP) is 4.15. The van der Waals surface area contributed by atoms with Crippen LogP contribution in [0, 0.1) is 5.92 Å². The Morgan fingerprint density at radius 1 is 1.37 bits per heavy atom. The number of nitrogens with zero attached hydrogens (tertiary/aromatic N) is 2. The number of imidazole rings is 1. The van der Waals surface area contributed by atoms with Gasteiger partial charge in [-0.05, 0) is 30.5 Å². The molecule has 0 fully saturated rings. The quantitative estimate of drug-likeness (QED) is 0.894. The molecule has 0 spiro atoms. The van der Waals surface area contributed by atoms with Crippen molar-refractivity contribution in [3.8, 4) is 0 Å². The van der Waals surface area contributed by atoms with Crippen LogP contribution in [0.15, 0.2) is 18.2 Å². The summed E-state index contributed by atoms with van der Waals surface area (Å²) in [7, 11) is 0. The molecule has 0 aliphatic rings. The Kier molecular flexibility index (Phi) is 4.48. The van der Waals surface area contributed by atoms with E-state index in [1.807, 2.05) is 18.2 Å². The summed E-state index contributed by atoms with van der Waals surface area (Å²) >= 11 is 6.10. The summed E-state index contributed by atoms with van der Waals surface area (Å²) in [4.78, 5) is 4.72. The number of aromatic nitrogens is 2. The lowest BCUT2D eigenvalue weighted by Gasteiger charge is -2.19. The molecule has 2 N–H and O–H groups in total. The van der Waals surface area contributed by atoms with Gasteiger partial charge in [0.05, 0.1) is 17.1 Å². The summed E-state index contributed by atoms with van der Waals surface area (Å²) in [6, 6.07) is 5.80. The van der Waals surface area contributed by atoms with Gasteiger partial charge >= 0.3 is 0 Å². The maximum atomic E-state index is 6.37. The molecule has 104 valence electrons. The van der Waals surface area contributed by atoms with Gasteiger partial charge < -0.3 is 10.3 Å². The van der Waals surface area contributed by atoms with Crippen molar-refractivity contribution in [2.45, 2.75) is 46.2 Å². The van der Waals surface area contributed by atoms with Gasteiger partial charge in [0, 0.05) is 11.6 Å². The number of aryl methyl sites for hydroxylation is 1. The van der Waals surface area contributed by atoms with Gasteiger partial charge in [-0.25, -0.2) is 4.98 Å². The number of hydrogen-bond donors (Lipinski definition) is 1. The van der Waals surface area contributed by atoms with E-state index in [9.17, 15) is 0 Å². The van der Waals surface area contributed by atoms with E-state index in [2.05, 4.69) is 25.3 Å². The van der Waals surface area contributed by atoms with Crippen molar-refractivity contribution >= 4 is 22.6 Å². The van der Waals surface area contributed by atoms with Crippen LogP contribution in [0.1, 0.15) is 45.5 Å². The fraction of sp³-hybridized carbons (Fsp3) is 0.533. The molecule has 1 aromatic carbocycles. The Balaban J connectivity index is 2.56. The Morgan fingerprint density at radius 2 is 2.11 bits per heavy atom. The maximum Gasteiger partial charge on any atom is 0.127 e. The third-order valence-corrected chi connectivity index (χ3v) is 3.98. The molecule has 0 saturated carbocycles. The third kappa shape index (κ3) is 2.77. The number of halogens is 1. The summed E-state index contributed by atoms with van der Waals surface area (Å²) in [6.45, 7) is 7.42. The molecule has 2 aromatic rings. The van der Waals surface area contributed by atoms with Crippen LogP contribution < -0.4 is 5.73 Å². The van der Waals surface area contributed by atoms with Gasteiger partial charge in [0.1, 0.15) is 5.82 Å². The van der Waals surface area contributed by atoms with E-state index in [1.165, 1.54) is 0 Å². The van der Waals surface area contributed by atoms with E-state index >= 15 is 0 Å². The molecule has 2 unspecified atom stereocenters. The predicted molar refractivity (Wildman–Crippen MR) is 81.4 cm³/mol. The summed E-state index contributed by atoms with van der Waals surface area (Å²) in [5, 5.41) is 0.744. The fourth-order valence-electron chi connectivity index (χ4n) is 2.34. The molecule has 0 saturated heterocycles. The highest BCUT2D eigenvalue weighted by molar-refractivity contribution is 6.31. The molecule has 0 radical (unpaired) electrons.